The molecule has 2 saturated heterocycles. The molecule has 1 aromatic carbocycles. The van der Waals surface area contributed by atoms with Crippen LogP contribution in [0.15, 0.2) is 35.2 Å². The van der Waals surface area contributed by atoms with Gasteiger partial charge in [0.15, 0.2) is 0 Å². The molecule has 20 heavy (non-hydrogen) atoms. The Kier molecular flexibility index (Phi) is 3.84. The summed E-state index contributed by atoms with van der Waals surface area (Å²) in [5.41, 5.74) is 0. The molecule has 3 rings (SSSR count). The second-order valence-corrected chi connectivity index (χ2v) is 7.85. The molecule has 2 atom stereocenters. The average molecular weight is 294 g/mol. The van der Waals surface area contributed by atoms with Gasteiger partial charge in [-0.15, -0.1) is 0 Å². The van der Waals surface area contributed by atoms with Crippen molar-refractivity contribution in [1.29, 1.82) is 0 Å². The van der Waals surface area contributed by atoms with E-state index in [-0.39, 0.29) is 0 Å². The Morgan fingerprint density at radius 1 is 1.10 bits per heavy atom. The number of sulfonamides is 1. The van der Waals surface area contributed by atoms with Gasteiger partial charge in [0, 0.05) is 19.1 Å². The number of rotatable bonds is 2. The molecule has 0 N–H and O–H groups in total. The van der Waals surface area contributed by atoms with Crippen LogP contribution in [0.5, 0.6) is 0 Å². The van der Waals surface area contributed by atoms with E-state index >= 15 is 0 Å². The highest BCUT2D eigenvalue weighted by atomic mass is 32.2. The first-order valence-electron chi connectivity index (χ1n) is 7.34. The van der Waals surface area contributed by atoms with Crippen molar-refractivity contribution in [3.05, 3.63) is 30.3 Å². The number of hydrogen-bond acceptors (Lipinski definition) is 3. The minimum atomic E-state index is -3.32. The Morgan fingerprint density at radius 2 is 1.85 bits per heavy atom. The lowest BCUT2D eigenvalue weighted by atomic mass is 9.85. The van der Waals surface area contributed by atoms with E-state index in [2.05, 4.69) is 11.9 Å². The third-order valence-corrected chi connectivity index (χ3v) is 6.57. The quantitative estimate of drug-likeness (QED) is 0.835. The van der Waals surface area contributed by atoms with Crippen LogP contribution < -0.4 is 0 Å². The Morgan fingerprint density at radius 3 is 2.60 bits per heavy atom. The molecule has 0 amide bonds. The maximum Gasteiger partial charge on any atom is 0.243 e. The summed E-state index contributed by atoms with van der Waals surface area (Å²) in [7, 11) is -1.15. The number of fused-ring (bicyclic) bond motifs is 1. The summed E-state index contributed by atoms with van der Waals surface area (Å²) in [6, 6.07) is 9.36. The molecule has 0 spiro atoms. The molecule has 0 bridgehead atoms. The van der Waals surface area contributed by atoms with Gasteiger partial charge in [-0.05, 0) is 50.9 Å². The largest absolute Gasteiger partial charge is 0.303 e. The standard InChI is InChI=1S/C15H22N2O2S/c1-16-10-5-6-13-12-17(11-9-15(13)16)20(18,19)14-7-3-2-4-8-14/h2-4,7-8,13,15H,5-6,9-12H2,1H3. The summed E-state index contributed by atoms with van der Waals surface area (Å²) in [6.45, 7) is 2.46. The number of benzene rings is 1. The van der Waals surface area contributed by atoms with Crippen molar-refractivity contribution in [3.63, 3.8) is 0 Å². The first kappa shape index (κ1) is 14.0. The summed E-state index contributed by atoms with van der Waals surface area (Å²) in [5, 5.41) is 0. The SMILES string of the molecule is CN1CCCC2CN(S(=O)(=O)c3ccccc3)CCC21. The molecule has 0 aromatic heterocycles. The maximum absolute atomic E-state index is 12.7. The van der Waals surface area contributed by atoms with E-state index in [1.54, 1.807) is 28.6 Å². The molecule has 0 saturated carbocycles. The topological polar surface area (TPSA) is 40.6 Å². The van der Waals surface area contributed by atoms with Crippen molar-refractivity contribution in [1.82, 2.24) is 9.21 Å². The first-order valence-corrected chi connectivity index (χ1v) is 8.78. The van der Waals surface area contributed by atoms with E-state index in [9.17, 15) is 8.42 Å². The summed E-state index contributed by atoms with van der Waals surface area (Å²) in [4.78, 5) is 2.82. The monoisotopic (exact) mass is 294 g/mol. The van der Waals surface area contributed by atoms with Crippen LogP contribution in [-0.4, -0.2) is 50.3 Å². The second-order valence-electron chi connectivity index (χ2n) is 5.92. The number of piperidine rings is 2. The number of likely N-dealkylation sites (tertiary alicyclic amines) is 1. The van der Waals surface area contributed by atoms with Gasteiger partial charge in [0.2, 0.25) is 10.0 Å². The van der Waals surface area contributed by atoms with Crippen LogP contribution in [0.3, 0.4) is 0 Å². The van der Waals surface area contributed by atoms with Gasteiger partial charge in [0.25, 0.3) is 0 Å². The Balaban J connectivity index is 1.79. The molecule has 2 unspecified atom stereocenters. The van der Waals surface area contributed by atoms with Gasteiger partial charge >= 0.3 is 0 Å². The molecule has 0 radical (unpaired) electrons. The zero-order valence-corrected chi connectivity index (χ0v) is 12.7. The second kappa shape index (κ2) is 5.47. The normalized spacial score (nSPS) is 29.1. The fourth-order valence-electron chi connectivity index (χ4n) is 3.58. The van der Waals surface area contributed by atoms with E-state index in [0.29, 0.717) is 29.9 Å². The van der Waals surface area contributed by atoms with Crippen molar-refractivity contribution in [2.45, 2.75) is 30.2 Å². The zero-order chi connectivity index (χ0) is 14.2. The van der Waals surface area contributed by atoms with Gasteiger partial charge in [-0.1, -0.05) is 18.2 Å². The highest BCUT2D eigenvalue weighted by Gasteiger charge is 2.38. The van der Waals surface area contributed by atoms with Crippen LogP contribution in [0.1, 0.15) is 19.3 Å². The van der Waals surface area contributed by atoms with E-state index in [4.69, 9.17) is 0 Å². The third kappa shape index (κ3) is 2.50. The molecule has 5 heteroatoms. The third-order valence-electron chi connectivity index (χ3n) is 4.69. The fraction of sp³-hybridized carbons (Fsp3) is 0.600. The van der Waals surface area contributed by atoms with Crippen molar-refractivity contribution in [3.8, 4) is 0 Å². The minimum Gasteiger partial charge on any atom is -0.303 e. The van der Waals surface area contributed by atoms with Gasteiger partial charge in [-0.25, -0.2) is 8.42 Å². The zero-order valence-electron chi connectivity index (χ0n) is 11.9. The summed E-state index contributed by atoms with van der Waals surface area (Å²) in [5.74, 6) is 0.487. The Labute approximate surface area is 121 Å². The molecular formula is C15H22N2O2S. The highest BCUT2D eigenvalue weighted by molar-refractivity contribution is 7.89. The van der Waals surface area contributed by atoms with Gasteiger partial charge < -0.3 is 4.90 Å². The first-order chi connectivity index (χ1) is 9.59. The fourth-order valence-corrected chi connectivity index (χ4v) is 5.11. The number of hydrogen-bond donors (Lipinski definition) is 0. The Bertz CT molecular complexity index is 558. The van der Waals surface area contributed by atoms with Gasteiger partial charge in [-0.2, -0.15) is 4.31 Å². The van der Waals surface area contributed by atoms with Crippen LogP contribution in [0.2, 0.25) is 0 Å². The molecule has 0 aliphatic carbocycles. The summed E-state index contributed by atoms with van der Waals surface area (Å²) < 4.78 is 27.0. The minimum absolute atomic E-state index is 0.419. The lowest BCUT2D eigenvalue weighted by molar-refractivity contribution is 0.0671. The lowest BCUT2D eigenvalue weighted by Crippen LogP contribution is -2.53. The predicted octanol–water partition coefficient (Wildman–Crippen LogP) is 1.79. The maximum atomic E-state index is 12.7. The smallest absolute Gasteiger partial charge is 0.243 e. The van der Waals surface area contributed by atoms with E-state index in [0.717, 1.165) is 19.4 Å². The van der Waals surface area contributed by atoms with Gasteiger partial charge in [0.1, 0.15) is 0 Å². The molecule has 2 aliphatic rings. The lowest BCUT2D eigenvalue weighted by Gasteiger charge is -2.45. The van der Waals surface area contributed by atoms with Crippen molar-refractivity contribution in [2.24, 2.45) is 5.92 Å². The Hall–Kier alpha value is -0.910. The summed E-state index contributed by atoms with van der Waals surface area (Å²) >= 11 is 0. The number of nitrogens with zero attached hydrogens (tertiary/aromatic N) is 2. The molecule has 2 aliphatic heterocycles. The van der Waals surface area contributed by atoms with E-state index < -0.39 is 10.0 Å². The van der Waals surface area contributed by atoms with Gasteiger partial charge in [0.05, 0.1) is 4.90 Å². The van der Waals surface area contributed by atoms with Crippen LogP contribution in [-0.2, 0) is 10.0 Å². The van der Waals surface area contributed by atoms with Crippen LogP contribution in [0.25, 0.3) is 0 Å². The van der Waals surface area contributed by atoms with E-state index in [1.807, 2.05) is 6.07 Å². The molecule has 2 heterocycles. The molecule has 1 aromatic rings. The average Bonchev–Trinajstić information content (AvgIpc) is 2.48. The van der Waals surface area contributed by atoms with Crippen molar-refractivity contribution >= 4 is 10.0 Å². The highest BCUT2D eigenvalue weighted by Crippen LogP contribution is 2.32. The summed E-state index contributed by atoms with van der Waals surface area (Å²) in [6.07, 6.45) is 3.28. The van der Waals surface area contributed by atoms with E-state index in [1.165, 1.54) is 6.42 Å². The molecule has 110 valence electrons. The predicted molar refractivity (Wildman–Crippen MR) is 79.0 cm³/mol. The van der Waals surface area contributed by atoms with Crippen molar-refractivity contribution in [2.75, 3.05) is 26.7 Å². The van der Waals surface area contributed by atoms with Crippen LogP contribution >= 0.6 is 0 Å². The molecule has 4 nitrogen and oxygen atoms in total. The van der Waals surface area contributed by atoms with Crippen molar-refractivity contribution < 1.29 is 8.42 Å². The molecule has 2 fully saturated rings. The molecular weight excluding hydrogens is 272 g/mol. The van der Waals surface area contributed by atoms with Crippen LogP contribution in [0.4, 0.5) is 0 Å². The van der Waals surface area contributed by atoms with Gasteiger partial charge in [-0.3, -0.25) is 0 Å². The van der Waals surface area contributed by atoms with Crippen LogP contribution in [0, 0.1) is 5.92 Å².